The molecule has 0 fully saturated rings. The second-order valence-corrected chi connectivity index (χ2v) is 4.09. The van der Waals surface area contributed by atoms with Crippen LogP contribution in [0.4, 0.5) is 0 Å². The molecule has 0 aliphatic carbocycles. The fourth-order valence-electron chi connectivity index (χ4n) is 2.11. The highest BCUT2D eigenvalue weighted by Crippen LogP contribution is 2.24. The van der Waals surface area contributed by atoms with Crippen molar-refractivity contribution in [2.24, 2.45) is 5.92 Å². The van der Waals surface area contributed by atoms with E-state index in [4.69, 9.17) is 5.11 Å². The number of H-pyrrole nitrogens is 1. The van der Waals surface area contributed by atoms with Crippen molar-refractivity contribution >= 4 is 5.97 Å². The smallest absolute Gasteiger partial charge is 0.308 e. The fourth-order valence-corrected chi connectivity index (χ4v) is 2.11. The average Bonchev–Trinajstić information content (AvgIpc) is 2.96. The van der Waals surface area contributed by atoms with E-state index >= 15 is 0 Å². The molecule has 2 aromatic heterocycles. The summed E-state index contributed by atoms with van der Waals surface area (Å²) < 4.78 is 1.86. The van der Waals surface area contributed by atoms with E-state index in [1.165, 1.54) is 0 Å². The first-order valence-electron chi connectivity index (χ1n) is 5.40. The van der Waals surface area contributed by atoms with Crippen molar-refractivity contribution in [2.45, 2.75) is 19.4 Å². The van der Waals surface area contributed by atoms with Gasteiger partial charge < -0.3 is 9.67 Å². The van der Waals surface area contributed by atoms with Gasteiger partial charge in [-0.05, 0) is 12.5 Å². The van der Waals surface area contributed by atoms with Crippen LogP contribution in [-0.2, 0) is 17.8 Å². The number of hydrogen-bond acceptors (Lipinski definition) is 4. The Bertz CT molecular complexity index is 545. The molecule has 0 amide bonds. The molecule has 1 atom stereocenters. The maximum atomic E-state index is 11.0. The van der Waals surface area contributed by atoms with E-state index in [-0.39, 0.29) is 5.92 Å². The molecule has 88 valence electrons. The Morgan fingerprint density at radius 2 is 2.41 bits per heavy atom. The lowest BCUT2D eigenvalue weighted by atomic mass is 9.99. The number of nitrogens with one attached hydrogen (secondary N) is 1. The van der Waals surface area contributed by atoms with E-state index < -0.39 is 5.97 Å². The molecule has 17 heavy (non-hydrogen) atoms. The Balaban J connectivity index is 2.00. The van der Waals surface area contributed by atoms with Gasteiger partial charge in [0.05, 0.1) is 5.92 Å². The number of carboxylic acid groups (broad SMARTS) is 1. The number of aromatic amines is 1. The highest BCUT2D eigenvalue weighted by atomic mass is 16.4. The lowest BCUT2D eigenvalue weighted by molar-refractivity contribution is -0.142. The van der Waals surface area contributed by atoms with E-state index in [0.29, 0.717) is 25.2 Å². The Kier molecular flexibility index (Phi) is 2.17. The molecule has 0 bridgehead atoms. The van der Waals surface area contributed by atoms with Gasteiger partial charge >= 0.3 is 5.97 Å². The molecule has 0 saturated heterocycles. The molecule has 2 N–H and O–H groups in total. The van der Waals surface area contributed by atoms with E-state index in [0.717, 1.165) is 11.5 Å². The largest absolute Gasteiger partial charge is 0.481 e. The first kappa shape index (κ1) is 10.0. The molecule has 2 aromatic rings. The van der Waals surface area contributed by atoms with E-state index in [2.05, 4.69) is 20.4 Å². The van der Waals surface area contributed by atoms with Crippen LogP contribution >= 0.6 is 0 Å². The molecule has 0 radical (unpaired) electrons. The summed E-state index contributed by atoms with van der Waals surface area (Å²) in [5.41, 5.74) is 0.759. The van der Waals surface area contributed by atoms with Crippen LogP contribution in [0.1, 0.15) is 12.2 Å². The SMILES string of the molecule is O=C(O)C1CCc2nnc(-c3ccn[nH]3)n2C1. The third-order valence-electron chi connectivity index (χ3n) is 3.04. The zero-order valence-electron chi connectivity index (χ0n) is 9.00. The van der Waals surface area contributed by atoms with Crippen LogP contribution in [0.15, 0.2) is 12.3 Å². The molecule has 1 unspecified atom stereocenters. The number of fused-ring (bicyclic) bond motifs is 1. The number of aromatic nitrogens is 5. The molecule has 1 aliphatic rings. The van der Waals surface area contributed by atoms with Crippen molar-refractivity contribution in [3.8, 4) is 11.5 Å². The second kappa shape index (κ2) is 3.69. The van der Waals surface area contributed by atoms with Crippen molar-refractivity contribution in [2.75, 3.05) is 0 Å². The van der Waals surface area contributed by atoms with Crippen LogP contribution in [0.2, 0.25) is 0 Å². The molecular weight excluding hydrogens is 222 g/mol. The van der Waals surface area contributed by atoms with Gasteiger partial charge in [0.25, 0.3) is 0 Å². The van der Waals surface area contributed by atoms with Gasteiger partial charge in [-0.3, -0.25) is 9.89 Å². The maximum absolute atomic E-state index is 11.0. The summed E-state index contributed by atoms with van der Waals surface area (Å²) in [5.74, 6) is 0.371. The Hall–Kier alpha value is -2.18. The van der Waals surface area contributed by atoms with Gasteiger partial charge in [-0.25, -0.2) is 0 Å². The predicted molar refractivity (Wildman–Crippen MR) is 57.1 cm³/mol. The topological polar surface area (TPSA) is 96.7 Å². The number of rotatable bonds is 2. The van der Waals surface area contributed by atoms with Crippen LogP contribution in [-0.4, -0.2) is 36.0 Å². The summed E-state index contributed by atoms with van der Waals surface area (Å²) in [6, 6.07) is 1.79. The molecule has 3 heterocycles. The molecule has 0 spiro atoms. The number of aryl methyl sites for hydroxylation is 1. The summed E-state index contributed by atoms with van der Waals surface area (Å²) in [6.45, 7) is 0.423. The Morgan fingerprint density at radius 1 is 1.53 bits per heavy atom. The second-order valence-electron chi connectivity index (χ2n) is 4.09. The minimum absolute atomic E-state index is 0.361. The standard InChI is InChI=1S/C10H11N5O2/c16-10(17)6-1-2-8-13-14-9(15(8)5-6)7-3-4-11-12-7/h3-4,6H,1-2,5H2,(H,11,12)(H,16,17). The predicted octanol–water partition coefficient (Wildman–Crippen LogP) is 0.315. The number of carbonyl (C=O) groups is 1. The molecule has 7 heteroatoms. The van der Waals surface area contributed by atoms with Crippen molar-refractivity contribution < 1.29 is 9.90 Å². The van der Waals surface area contributed by atoms with Crippen molar-refractivity contribution in [3.05, 3.63) is 18.1 Å². The zero-order chi connectivity index (χ0) is 11.8. The number of carboxylic acids is 1. The van der Waals surface area contributed by atoms with E-state index in [1.54, 1.807) is 12.3 Å². The highest BCUT2D eigenvalue weighted by molar-refractivity contribution is 5.70. The minimum Gasteiger partial charge on any atom is -0.481 e. The lowest BCUT2D eigenvalue weighted by Crippen LogP contribution is -2.27. The zero-order valence-corrected chi connectivity index (χ0v) is 9.00. The summed E-state index contributed by atoms with van der Waals surface area (Å²) in [6.07, 6.45) is 2.91. The van der Waals surface area contributed by atoms with Gasteiger partial charge in [-0.2, -0.15) is 5.10 Å². The van der Waals surface area contributed by atoms with Crippen LogP contribution in [0, 0.1) is 5.92 Å². The number of hydrogen-bond donors (Lipinski definition) is 2. The molecule has 1 aliphatic heterocycles. The highest BCUT2D eigenvalue weighted by Gasteiger charge is 2.27. The van der Waals surface area contributed by atoms with Crippen molar-refractivity contribution in [3.63, 3.8) is 0 Å². The summed E-state index contributed by atoms with van der Waals surface area (Å²) >= 11 is 0. The molecule has 7 nitrogen and oxygen atoms in total. The van der Waals surface area contributed by atoms with Gasteiger partial charge in [0, 0.05) is 19.2 Å². The van der Waals surface area contributed by atoms with Crippen LogP contribution in [0.25, 0.3) is 11.5 Å². The van der Waals surface area contributed by atoms with Crippen LogP contribution in [0.3, 0.4) is 0 Å². The third kappa shape index (κ3) is 1.59. The summed E-state index contributed by atoms with van der Waals surface area (Å²) in [4.78, 5) is 11.0. The third-order valence-corrected chi connectivity index (χ3v) is 3.04. The lowest BCUT2D eigenvalue weighted by Gasteiger charge is -2.20. The van der Waals surface area contributed by atoms with Crippen molar-refractivity contribution in [1.82, 2.24) is 25.0 Å². The normalized spacial score (nSPS) is 18.9. The molecule has 0 saturated carbocycles. The maximum Gasteiger partial charge on any atom is 0.308 e. The first-order valence-corrected chi connectivity index (χ1v) is 5.40. The van der Waals surface area contributed by atoms with Gasteiger partial charge in [0.2, 0.25) is 0 Å². The quantitative estimate of drug-likeness (QED) is 0.778. The van der Waals surface area contributed by atoms with E-state index in [9.17, 15) is 4.79 Å². The van der Waals surface area contributed by atoms with Crippen LogP contribution < -0.4 is 0 Å². The van der Waals surface area contributed by atoms with Crippen molar-refractivity contribution in [1.29, 1.82) is 0 Å². The van der Waals surface area contributed by atoms with Crippen LogP contribution in [0.5, 0.6) is 0 Å². The minimum atomic E-state index is -0.764. The number of nitrogens with zero attached hydrogens (tertiary/aromatic N) is 4. The Labute approximate surface area is 96.5 Å². The fraction of sp³-hybridized carbons (Fsp3) is 0.400. The van der Waals surface area contributed by atoms with Gasteiger partial charge in [-0.1, -0.05) is 0 Å². The van der Waals surface area contributed by atoms with Gasteiger partial charge in [-0.15, -0.1) is 10.2 Å². The molecule has 0 aromatic carbocycles. The molecular formula is C10H11N5O2. The van der Waals surface area contributed by atoms with Gasteiger partial charge in [0.15, 0.2) is 5.82 Å². The number of aliphatic carboxylic acids is 1. The molecule has 3 rings (SSSR count). The summed E-state index contributed by atoms with van der Waals surface area (Å²) in [7, 11) is 0. The van der Waals surface area contributed by atoms with Gasteiger partial charge in [0.1, 0.15) is 11.5 Å². The Morgan fingerprint density at radius 3 is 3.12 bits per heavy atom. The first-order chi connectivity index (χ1) is 8.25. The monoisotopic (exact) mass is 233 g/mol. The average molecular weight is 233 g/mol. The van der Waals surface area contributed by atoms with E-state index in [1.807, 2.05) is 4.57 Å². The summed E-state index contributed by atoms with van der Waals surface area (Å²) in [5, 5.41) is 23.9.